The smallest absolute Gasteiger partial charge is 0.322 e. The lowest BCUT2D eigenvalue weighted by Gasteiger charge is -2.36. The van der Waals surface area contributed by atoms with Crippen molar-refractivity contribution >= 4 is 17.6 Å². The minimum absolute atomic E-state index is 0.0151. The van der Waals surface area contributed by atoms with Crippen LogP contribution in [0.4, 0.5) is 10.5 Å². The van der Waals surface area contributed by atoms with Gasteiger partial charge in [-0.2, -0.15) is 0 Å². The molecule has 0 aromatic heterocycles. The maximum Gasteiger partial charge on any atom is 0.322 e. The van der Waals surface area contributed by atoms with Crippen molar-refractivity contribution < 1.29 is 14.3 Å². The highest BCUT2D eigenvalue weighted by Gasteiger charge is 2.28. The molecule has 2 aliphatic heterocycles. The molecule has 3 rings (SSSR count). The third-order valence-corrected chi connectivity index (χ3v) is 4.42. The molecule has 2 heterocycles. The molecule has 0 saturated carbocycles. The van der Waals surface area contributed by atoms with Gasteiger partial charge in [-0.1, -0.05) is 0 Å². The van der Waals surface area contributed by atoms with Crippen molar-refractivity contribution in [3.8, 4) is 5.75 Å². The molecule has 1 aromatic carbocycles. The first kappa shape index (κ1) is 16.6. The number of methoxy groups -OCH3 is 1. The predicted molar refractivity (Wildman–Crippen MR) is 91.7 cm³/mol. The molecular weight excluding hydrogens is 308 g/mol. The largest absolute Gasteiger partial charge is 0.495 e. The van der Waals surface area contributed by atoms with Crippen LogP contribution in [-0.4, -0.2) is 62.2 Å². The highest BCUT2D eigenvalue weighted by molar-refractivity contribution is 6.00. The predicted octanol–water partition coefficient (Wildman–Crippen LogP) is 1.05. The van der Waals surface area contributed by atoms with Crippen molar-refractivity contribution in [1.82, 2.24) is 15.5 Å². The third-order valence-electron chi connectivity index (χ3n) is 4.42. The minimum atomic E-state index is -0.165. The van der Waals surface area contributed by atoms with Crippen LogP contribution in [0.5, 0.6) is 5.75 Å². The van der Waals surface area contributed by atoms with Gasteiger partial charge in [0, 0.05) is 43.8 Å². The second-order valence-corrected chi connectivity index (χ2v) is 6.45. The van der Waals surface area contributed by atoms with Crippen molar-refractivity contribution in [3.05, 3.63) is 23.8 Å². The molecule has 0 radical (unpaired) electrons. The van der Waals surface area contributed by atoms with Gasteiger partial charge in [0.05, 0.1) is 12.8 Å². The van der Waals surface area contributed by atoms with Crippen molar-refractivity contribution in [1.29, 1.82) is 0 Å². The molecule has 1 aromatic rings. The number of carbonyl (C=O) groups is 2. The summed E-state index contributed by atoms with van der Waals surface area (Å²) in [6.45, 7) is 6.65. The fraction of sp³-hybridized carbons (Fsp3) is 0.529. The number of amides is 3. The maximum absolute atomic E-state index is 12.9. The Morgan fingerprint density at radius 1 is 1.25 bits per heavy atom. The molecule has 24 heavy (non-hydrogen) atoms. The Hall–Kier alpha value is -2.28. The Bertz CT molecular complexity index is 639. The lowest BCUT2D eigenvalue weighted by Crippen LogP contribution is -2.55. The maximum atomic E-state index is 12.9. The lowest BCUT2D eigenvalue weighted by molar-refractivity contribution is 0.0674. The van der Waals surface area contributed by atoms with E-state index in [2.05, 4.69) is 24.5 Å². The van der Waals surface area contributed by atoms with Crippen LogP contribution in [0, 0.1) is 0 Å². The highest BCUT2D eigenvalue weighted by atomic mass is 16.5. The van der Waals surface area contributed by atoms with E-state index in [1.165, 1.54) is 0 Å². The number of nitrogens with one attached hydrogen (secondary N) is 2. The van der Waals surface area contributed by atoms with Crippen LogP contribution >= 0.6 is 0 Å². The van der Waals surface area contributed by atoms with Gasteiger partial charge in [-0.25, -0.2) is 4.79 Å². The number of carbonyl (C=O) groups excluding carboxylic acids is 2. The van der Waals surface area contributed by atoms with Gasteiger partial charge in [0.1, 0.15) is 5.75 Å². The number of anilines is 1. The Kier molecular flexibility index (Phi) is 4.62. The Morgan fingerprint density at radius 2 is 1.96 bits per heavy atom. The Labute approximate surface area is 141 Å². The molecule has 2 atom stereocenters. The number of ether oxygens (including phenoxy) is 1. The molecule has 2 saturated heterocycles. The van der Waals surface area contributed by atoms with Gasteiger partial charge < -0.3 is 20.3 Å². The summed E-state index contributed by atoms with van der Waals surface area (Å²) in [5.41, 5.74) is 1.21. The summed E-state index contributed by atoms with van der Waals surface area (Å²) in [6.07, 6.45) is 0. The number of hydrogen-bond donors (Lipinski definition) is 2. The summed E-state index contributed by atoms with van der Waals surface area (Å²) in [5.74, 6) is 0.573. The zero-order chi connectivity index (χ0) is 17.3. The average Bonchev–Trinajstić information content (AvgIpc) is 2.98. The quantitative estimate of drug-likeness (QED) is 0.868. The van der Waals surface area contributed by atoms with E-state index in [0.717, 1.165) is 0 Å². The lowest BCUT2D eigenvalue weighted by atomic mass is 10.1. The standard InChI is InChI=1S/C17H24N4O3/c1-11-9-20(10-12(2)19-11)16(22)13-4-5-15(24-3)14(8-13)21-7-6-18-17(21)23/h4-5,8,11-12,19H,6-7,9-10H2,1-3H3,(H,18,23)/t11-,12-/m0/s1. The van der Waals surface area contributed by atoms with Gasteiger partial charge in [-0.3, -0.25) is 9.69 Å². The monoisotopic (exact) mass is 332 g/mol. The zero-order valence-corrected chi connectivity index (χ0v) is 14.3. The van der Waals surface area contributed by atoms with E-state index in [9.17, 15) is 9.59 Å². The van der Waals surface area contributed by atoms with E-state index in [1.807, 2.05) is 4.90 Å². The second-order valence-electron chi connectivity index (χ2n) is 6.45. The summed E-state index contributed by atoms with van der Waals surface area (Å²) >= 11 is 0. The van der Waals surface area contributed by atoms with Crippen LogP contribution in [-0.2, 0) is 0 Å². The van der Waals surface area contributed by atoms with E-state index >= 15 is 0 Å². The highest BCUT2D eigenvalue weighted by Crippen LogP contribution is 2.31. The molecule has 2 N–H and O–H groups in total. The fourth-order valence-electron chi connectivity index (χ4n) is 3.41. The first-order chi connectivity index (χ1) is 11.5. The number of piperazine rings is 1. The van der Waals surface area contributed by atoms with E-state index in [4.69, 9.17) is 4.74 Å². The number of urea groups is 1. The van der Waals surface area contributed by atoms with Crippen LogP contribution < -0.4 is 20.3 Å². The number of nitrogens with zero attached hydrogens (tertiary/aromatic N) is 2. The fourth-order valence-corrected chi connectivity index (χ4v) is 3.41. The van der Waals surface area contributed by atoms with E-state index in [1.54, 1.807) is 30.2 Å². The first-order valence-corrected chi connectivity index (χ1v) is 8.28. The van der Waals surface area contributed by atoms with E-state index in [-0.39, 0.29) is 24.0 Å². The molecule has 0 unspecified atom stereocenters. The summed E-state index contributed by atoms with van der Waals surface area (Å²) in [5, 5.41) is 6.19. The number of benzene rings is 1. The second kappa shape index (κ2) is 6.68. The SMILES string of the molecule is COc1ccc(C(=O)N2C[C@H](C)N[C@@H](C)C2)cc1N1CCNC1=O. The van der Waals surface area contributed by atoms with Crippen molar-refractivity contribution in [3.63, 3.8) is 0 Å². The summed E-state index contributed by atoms with van der Waals surface area (Å²) in [7, 11) is 1.56. The van der Waals surface area contributed by atoms with Gasteiger partial charge in [-0.05, 0) is 32.0 Å². The number of rotatable bonds is 3. The van der Waals surface area contributed by atoms with Crippen molar-refractivity contribution in [2.24, 2.45) is 0 Å². The van der Waals surface area contributed by atoms with Crippen LogP contribution in [0.3, 0.4) is 0 Å². The van der Waals surface area contributed by atoms with E-state index in [0.29, 0.717) is 43.2 Å². The molecule has 0 bridgehead atoms. The molecule has 3 amide bonds. The molecule has 130 valence electrons. The molecular formula is C17H24N4O3. The molecule has 0 aliphatic carbocycles. The average molecular weight is 332 g/mol. The summed E-state index contributed by atoms with van der Waals surface area (Å²) < 4.78 is 5.36. The molecule has 2 fully saturated rings. The number of hydrogen-bond acceptors (Lipinski definition) is 4. The minimum Gasteiger partial charge on any atom is -0.495 e. The van der Waals surface area contributed by atoms with E-state index < -0.39 is 0 Å². The van der Waals surface area contributed by atoms with Crippen LogP contribution in [0.2, 0.25) is 0 Å². The molecule has 0 spiro atoms. The van der Waals surface area contributed by atoms with Crippen LogP contribution in [0.15, 0.2) is 18.2 Å². The summed E-state index contributed by atoms with van der Waals surface area (Å²) in [6, 6.07) is 5.63. The van der Waals surface area contributed by atoms with Gasteiger partial charge >= 0.3 is 6.03 Å². The van der Waals surface area contributed by atoms with Gasteiger partial charge in [-0.15, -0.1) is 0 Å². The molecule has 7 heteroatoms. The van der Waals surface area contributed by atoms with Crippen LogP contribution in [0.1, 0.15) is 24.2 Å². The molecule has 2 aliphatic rings. The molecule has 7 nitrogen and oxygen atoms in total. The first-order valence-electron chi connectivity index (χ1n) is 8.28. The topological polar surface area (TPSA) is 73.9 Å². The van der Waals surface area contributed by atoms with Gasteiger partial charge in [0.25, 0.3) is 5.91 Å². The van der Waals surface area contributed by atoms with Crippen molar-refractivity contribution in [2.75, 3.05) is 38.2 Å². The van der Waals surface area contributed by atoms with Gasteiger partial charge in [0.2, 0.25) is 0 Å². The summed E-state index contributed by atoms with van der Waals surface area (Å²) in [4.78, 5) is 28.3. The third kappa shape index (κ3) is 3.17. The van der Waals surface area contributed by atoms with Crippen molar-refractivity contribution in [2.45, 2.75) is 25.9 Å². The zero-order valence-electron chi connectivity index (χ0n) is 14.3. The van der Waals surface area contributed by atoms with Gasteiger partial charge in [0.15, 0.2) is 0 Å². The Balaban J connectivity index is 1.88. The van der Waals surface area contributed by atoms with Crippen LogP contribution in [0.25, 0.3) is 0 Å². The normalized spacial score (nSPS) is 24.0. The Morgan fingerprint density at radius 3 is 2.54 bits per heavy atom.